The lowest BCUT2D eigenvalue weighted by molar-refractivity contribution is 0.321. The van der Waals surface area contributed by atoms with E-state index in [1.165, 1.54) is 11.1 Å². The van der Waals surface area contributed by atoms with Crippen LogP contribution in [0.25, 0.3) is 0 Å². The van der Waals surface area contributed by atoms with Crippen LogP contribution in [0.15, 0.2) is 72.0 Å². The van der Waals surface area contributed by atoms with E-state index in [0.29, 0.717) is 19.7 Å². The van der Waals surface area contributed by atoms with Crippen LogP contribution in [0.4, 0.5) is 0 Å². The Morgan fingerprint density at radius 2 is 1.80 bits per heavy atom. The van der Waals surface area contributed by atoms with Gasteiger partial charge in [0.25, 0.3) is 0 Å². The second-order valence-corrected chi connectivity index (χ2v) is 6.40. The van der Waals surface area contributed by atoms with E-state index in [0.717, 1.165) is 24.0 Å². The second kappa shape index (κ2) is 12.7. The van der Waals surface area contributed by atoms with E-state index < -0.39 is 0 Å². The zero-order chi connectivity index (χ0) is 20.3. The normalized spacial score (nSPS) is 10.8. The number of hydrogen-bond donors (Lipinski definition) is 2. The minimum atomic E-state index is 0. The maximum atomic E-state index is 5.72. The van der Waals surface area contributed by atoms with Gasteiger partial charge >= 0.3 is 0 Å². The van der Waals surface area contributed by atoms with Gasteiger partial charge in [0, 0.05) is 26.0 Å². The molecule has 3 rings (SSSR count). The molecule has 0 fully saturated rings. The summed E-state index contributed by atoms with van der Waals surface area (Å²) in [5.41, 5.74) is 2.40. The molecule has 30 heavy (non-hydrogen) atoms. The highest BCUT2D eigenvalue weighted by Crippen LogP contribution is 2.16. The van der Waals surface area contributed by atoms with Gasteiger partial charge in [0.2, 0.25) is 0 Å². The molecule has 3 aromatic rings. The average Bonchev–Trinajstić information content (AvgIpc) is 3.27. The molecule has 7 nitrogen and oxygen atoms in total. The average molecular weight is 521 g/mol. The van der Waals surface area contributed by atoms with Crippen LogP contribution in [0.3, 0.4) is 0 Å². The smallest absolute Gasteiger partial charge is 0.191 e. The first-order valence-electron chi connectivity index (χ1n) is 9.53. The van der Waals surface area contributed by atoms with Crippen LogP contribution < -0.4 is 20.1 Å². The predicted octanol–water partition coefficient (Wildman–Crippen LogP) is 3.30. The van der Waals surface area contributed by atoms with Crippen molar-refractivity contribution in [2.24, 2.45) is 4.99 Å². The van der Waals surface area contributed by atoms with E-state index in [-0.39, 0.29) is 24.0 Å². The molecule has 0 radical (unpaired) electrons. The largest absolute Gasteiger partial charge is 0.497 e. The van der Waals surface area contributed by atoms with E-state index in [2.05, 4.69) is 45.0 Å². The van der Waals surface area contributed by atoms with Crippen LogP contribution in [0.1, 0.15) is 11.1 Å². The van der Waals surface area contributed by atoms with E-state index in [9.17, 15) is 0 Å². The number of aromatic nitrogens is 2. The number of benzene rings is 2. The molecule has 2 aromatic carbocycles. The number of nitrogens with one attached hydrogen (secondary N) is 2. The van der Waals surface area contributed by atoms with Gasteiger partial charge in [-0.05, 0) is 41.5 Å². The number of guanidine groups is 1. The van der Waals surface area contributed by atoms with E-state index in [4.69, 9.17) is 9.47 Å². The highest BCUT2D eigenvalue weighted by Gasteiger charge is 2.01. The maximum Gasteiger partial charge on any atom is 0.191 e. The molecule has 2 N–H and O–H groups in total. The monoisotopic (exact) mass is 521 g/mol. The molecule has 0 unspecified atom stereocenters. The lowest BCUT2D eigenvalue weighted by Crippen LogP contribution is -2.38. The van der Waals surface area contributed by atoms with Crippen molar-refractivity contribution in [3.8, 4) is 11.5 Å². The van der Waals surface area contributed by atoms with Gasteiger partial charge in [0.05, 0.1) is 20.2 Å². The molecule has 1 aromatic heterocycles. The summed E-state index contributed by atoms with van der Waals surface area (Å²) in [5.74, 6) is 2.36. The summed E-state index contributed by atoms with van der Waals surface area (Å²) in [6.45, 7) is 2.62. The van der Waals surface area contributed by atoms with Gasteiger partial charge in [0.1, 0.15) is 18.1 Å². The first kappa shape index (κ1) is 23.5. The van der Waals surface area contributed by atoms with E-state index in [1.807, 2.05) is 41.2 Å². The number of methoxy groups -OCH3 is 1. The fourth-order valence-corrected chi connectivity index (χ4v) is 2.84. The fourth-order valence-electron chi connectivity index (χ4n) is 2.84. The Morgan fingerprint density at radius 1 is 1.03 bits per heavy atom. The first-order valence-corrected chi connectivity index (χ1v) is 9.53. The summed E-state index contributed by atoms with van der Waals surface area (Å²) >= 11 is 0. The Bertz CT molecular complexity index is 898. The van der Waals surface area contributed by atoms with Crippen LogP contribution >= 0.6 is 24.0 Å². The lowest BCUT2D eigenvalue weighted by atomic mass is 10.1. The zero-order valence-electron chi connectivity index (χ0n) is 17.2. The minimum Gasteiger partial charge on any atom is -0.497 e. The second-order valence-electron chi connectivity index (χ2n) is 6.40. The van der Waals surface area contributed by atoms with Crippen LogP contribution in [-0.4, -0.2) is 43.0 Å². The molecule has 0 saturated heterocycles. The van der Waals surface area contributed by atoms with Crippen molar-refractivity contribution in [3.63, 3.8) is 0 Å². The molecule has 0 amide bonds. The van der Waals surface area contributed by atoms with Crippen molar-refractivity contribution in [1.29, 1.82) is 0 Å². The minimum absolute atomic E-state index is 0. The third kappa shape index (κ3) is 7.58. The number of hydrogen-bond acceptors (Lipinski definition) is 4. The fraction of sp³-hybridized carbons (Fsp3) is 0.273. The summed E-state index contributed by atoms with van der Waals surface area (Å²) < 4.78 is 12.8. The Morgan fingerprint density at radius 3 is 2.50 bits per heavy atom. The zero-order valence-corrected chi connectivity index (χ0v) is 19.6. The lowest BCUT2D eigenvalue weighted by Gasteiger charge is -2.13. The SMILES string of the molecule is CN=C(NCCOc1ccc(OC)cc1)NCc1cccc(Cn2cccn2)c1.I. The van der Waals surface area contributed by atoms with Crippen molar-refractivity contribution >= 4 is 29.9 Å². The number of rotatable bonds is 9. The molecule has 8 heteroatoms. The highest BCUT2D eigenvalue weighted by atomic mass is 127. The van der Waals surface area contributed by atoms with Crippen molar-refractivity contribution in [2.45, 2.75) is 13.1 Å². The highest BCUT2D eigenvalue weighted by molar-refractivity contribution is 14.0. The standard InChI is InChI=1S/C22H27N5O2.HI/c1-23-22(24-12-14-29-21-9-7-20(28-2)8-10-21)25-16-18-5-3-6-19(15-18)17-27-13-4-11-26-27;/h3-11,13,15H,12,14,16-17H2,1-2H3,(H2,23,24,25);1H. The number of aliphatic imine (C=N–C) groups is 1. The molecule has 0 aliphatic carbocycles. The van der Waals surface area contributed by atoms with Crippen LogP contribution in [0.5, 0.6) is 11.5 Å². The van der Waals surface area contributed by atoms with Crippen molar-refractivity contribution in [3.05, 3.63) is 78.1 Å². The molecule has 0 saturated carbocycles. The van der Waals surface area contributed by atoms with Gasteiger partial charge in [-0.2, -0.15) is 5.10 Å². The Kier molecular flexibility index (Phi) is 9.99. The molecule has 1 heterocycles. The Balaban J connectivity index is 0.00000320. The Hall–Kier alpha value is -2.75. The number of halogens is 1. The molecular formula is C22H28IN5O2. The van der Waals surface area contributed by atoms with Gasteiger partial charge < -0.3 is 20.1 Å². The van der Waals surface area contributed by atoms with Gasteiger partial charge in [-0.25, -0.2) is 0 Å². The summed E-state index contributed by atoms with van der Waals surface area (Å²) in [5, 5.41) is 10.8. The number of nitrogens with zero attached hydrogens (tertiary/aromatic N) is 3. The summed E-state index contributed by atoms with van der Waals surface area (Å²) in [7, 11) is 3.40. The van der Waals surface area contributed by atoms with Gasteiger partial charge in [-0.3, -0.25) is 9.67 Å². The molecule has 0 bridgehead atoms. The summed E-state index contributed by atoms with van der Waals surface area (Å²) in [4.78, 5) is 4.26. The van der Waals surface area contributed by atoms with Gasteiger partial charge in [0.15, 0.2) is 5.96 Å². The summed E-state index contributed by atoms with van der Waals surface area (Å²) in [6.07, 6.45) is 3.75. The van der Waals surface area contributed by atoms with Crippen LogP contribution in [0.2, 0.25) is 0 Å². The third-order valence-electron chi connectivity index (χ3n) is 4.30. The molecular weight excluding hydrogens is 493 g/mol. The van der Waals surface area contributed by atoms with Crippen molar-refractivity contribution in [2.75, 3.05) is 27.3 Å². The van der Waals surface area contributed by atoms with Crippen molar-refractivity contribution in [1.82, 2.24) is 20.4 Å². The number of ether oxygens (including phenoxy) is 2. The van der Waals surface area contributed by atoms with Crippen LogP contribution in [0, 0.1) is 0 Å². The van der Waals surface area contributed by atoms with Crippen molar-refractivity contribution < 1.29 is 9.47 Å². The van der Waals surface area contributed by atoms with Crippen LogP contribution in [-0.2, 0) is 13.1 Å². The van der Waals surface area contributed by atoms with E-state index >= 15 is 0 Å². The summed E-state index contributed by atoms with van der Waals surface area (Å²) in [6, 6.07) is 17.9. The van der Waals surface area contributed by atoms with Gasteiger partial charge in [-0.15, -0.1) is 24.0 Å². The third-order valence-corrected chi connectivity index (χ3v) is 4.30. The predicted molar refractivity (Wildman–Crippen MR) is 130 cm³/mol. The molecule has 0 aliphatic rings. The molecule has 0 atom stereocenters. The molecule has 0 aliphatic heterocycles. The maximum absolute atomic E-state index is 5.72. The van der Waals surface area contributed by atoms with E-state index in [1.54, 1.807) is 20.4 Å². The molecule has 0 spiro atoms. The first-order chi connectivity index (χ1) is 14.3. The quantitative estimate of drug-likeness (QED) is 0.196. The van der Waals surface area contributed by atoms with Gasteiger partial charge in [-0.1, -0.05) is 24.3 Å². The topological polar surface area (TPSA) is 72.7 Å². The Labute approximate surface area is 194 Å². The molecule has 160 valence electrons.